The zero-order valence-corrected chi connectivity index (χ0v) is 26.1. The molecule has 210 valence electrons. The van der Waals surface area contributed by atoms with Gasteiger partial charge in [-0.05, 0) is 37.1 Å². The van der Waals surface area contributed by atoms with Crippen molar-refractivity contribution in [2.75, 3.05) is 7.11 Å². The largest absolute Gasteiger partial charge is 0.462 e. The maximum atomic E-state index is 13.7. The van der Waals surface area contributed by atoms with E-state index in [-0.39, 0.29) is 0 Å². The van der Waals surface area contributed by atoms with Gasteiger partial charge in [-0.15, -0.1) is 0 Å². The minimum Gasteiger partial charge on any atom is -0.414 e. The van der Waals surface area contributed by atoms with Crippen LogP contribution in [0.25, 0.3) is 0 Å². The van der Waals surface area contributed by atoms with E-state index in [2.05, 4.69) is 0 Å². The Balaban J connectivity index is -0.000000688. The highest BCUT2D eigenvalue weighted by molar-refractivity contribution is 7.56. The van der Waals surface area contributed by atoms with Crippen LogP contribution in [0.3, 0.4) is 0 Å². The first-order valence-corrected chi connectivity index (χ1v) is 15.3. The molecule has 4 nitrogen and oxygen atoms in total. The van der Waals surface area contributed by atoms with Gasteiger partial charge in [-0.2, -0.15) is 0 Å². The van der Waals surface area contributed by atoms with Crippen molar-refractivity contribution < 1.29 is 18.3 Å². The molecule has 0 unspecified atom stereocenters. The summed E-state index contributed by atoms with van der Waals surface area (Å²) in [5, 5.41) is -1.00. The highest BCUT2D eigenvalue weighted by Gasteiger charge is 2.52. The normalized spacial score (nSPS) is 9.38. The third kappa shape index (κ3) is 14.7. The lowest BCUT2D eigenvalue weighted by molar-refractivity contribution is 0.0347. The summed E-state index contributed by atoms with van der Waals surface area (Å²) < 4.78 is 31.0. The molecule has 5 heteroatoms. The summed E-state index contributed by atoms with van der Waals surface area (Å²) in [7, 11) is -2.08. The van der Waals surface area contributed by atoms with Crippen molar-refractivity contribution in [2.24, 2.45) is 0 Å². The maximum absolute atomic E-state index is 13.7. The predicted octanol–water partition coefficient (Wildman–Crippen LogP) is 11.3. The standard InChI is InChI=1S/C18H23O4P.C6H6.4C2H6/c1-4-18(5-2,20-3)23(19,21-16-12-8-6-9-13-16)22-17-14-10-7-11-15-17;1-2-4-6-5-3-1;4*1-2/h6-15H,4-5H2,1-3H3;1-6H;4*1-2H3. The highest BCUT2D eigenvalue weighted by atomic mass is 31.2. The van der Waals surface area contributed by atoms with Gasteiger partial charge in [0, 0.05) is 7.11 Å². The van der Waals surface area contributed by atoms with Crippen LogP contribution < -0.4 is 9.05 Å². The third-order valence-corrected chi connectivity index (χ3v) is 7.30. The van der Waals surface area contributed by atoms with E-state index in [1.165, 1.54) is 0 Å². The van der Waals surface area contributed by atoms with Crippen LogP contribution in [-0.4, -0.2) is 12.5 Å². The van der Waals surface area contributed by atoms with E-state index in [1.54, 1.807) is 31.4 Å². The fourth-order valence-electron chi connectivity index (χ4n) is 2.85. The van der Waals surface area contributed by atoms with Crippen molar-refractivity contribution in [1.82, 2.24) is 0 Å². The quantitative estimate of drug-likeness (QED) is 0.271. The topological polar surface area (TPSA) is 44.8 Å². The smallest absolute Gasteiger partial charge is 0.414 e. The van der Waals surface area contributed by atoms with Gasteiger partial charge >= 0.3 is 7.60 Å². The fraction of sp³-hybridized carbons (Fsp3) is 0.438. The average molecular weight is 533 g/mol. The van der Waals surface area contributed by atoms with Gasteiger partial charge in [0.05, 0.1) is 0 Å². The molecule has 3 aromatic rings. The van der Waals surface area contributed by atoms with E-state index in [4.69, 9.17) is 13.8 Å². The summed E-state index contributed by atoms with van der Waals surface area (Å²) in [5.41, 5.74) is 0. The van der Waals surface area contributed by atoms with Crippen molar-refractivity contribution in [1.29, 1.82) is 0 Å². The SMILES string of the molecule is CC.CC.CC.CC.CCC(CC)(OC)P(=O)(Oc1ccccc1)Oc1ccccc1.c1ccccc1. The minimum atomic E-state index is -3.63. The summed E-state index contributed by atoms with van der Waals surface area (Å²) in [4.78, 5) is 0. The lowest BCUT2D eigenvalue weighted by Crippen LogP contribution is -2.34. The van der Waals surface area contributed by atoms with Crippen LogP contribution in [0.4, 0.5) is 0 Å². The van der Waals surface area contributed by atoms with E-state index in [0.717, 1.165) is 0 Å². The summed E-state index contributed by atoms with van der Waals surface area (Å²) in [6.07, 6.45) is 1.02. The van der Waals surface area contributed by atoms with E-state index >= 15 is 0 Å². The Morgan fingerprint density at radius 1 is 0.541 bits per heavy atom. The number of hydrogen-bond donors (Lipinski definition) is 0. The predicted molar refractivity (Wildman–Crippen MR) is 164 cm³/mol. The molecule has 0 aliphatic heterocycles. The second kappa shape index (κ2) is 26.5. The van der Waals surface area contributed by atoms with Gasteiger partial charge in [-0.3, -0.25) is 0 Å². The van der Waals surface area contributed by atoms with Crippen LogP contribution in [0.15, 0.2) is 97.1 Å². The minimum absolute atomic E-state index is 0.495. The lowest BCUT2D eigenvalue weighted by atomic mass is 10.2. The summed E-state index contributed by atoms with van der Waals surface area (Å²) in [5.74, 6) is 0.991. The molecule has 0 spiro atoms. The van der Waals surface area contributed by atoms with E-state index in [0.29, 0.717) is 24.3 Å². The van der Waals surface area contributed by atoms with Gasteiger partial charge < -0.3 is 13.8 Å². The number of benzene rings is 3. The van der Waals surface area contributed by atoms with Crippen LogP contribution in [0.1, 0.15) is 82.1 Å². The van der Waals surface area contributed by atoms with Crippen LogP contribution in [0.2, 0.25) is 0 Å². The molecule has 0 radical (unpaired) electrons. The summed E-state index contributed by atoms with van der Waals surface area (Å²) >= 11 is 0. The van der Waals surface area contributed by atoms with Crippen LogP contribution in [0.5, 0.6) is 11.5 Å². The van der Waals surface area contributed by atoms with E-state index in [9.17, 15) is 4.57 Å². The molecule has 0 bridgehead atoms. The van der Waals surface area contributed by atoms with Crippen LogP contribution in [0, 0.1) is 0 Å². The van der Waals surface area contributed by atoms with Gasteiger partial charge in [0.1, 0.15) is 11.5 Å². The second-order valence-corrected chi connectivity index (χ2v) is 8.49. The molecule has 0 saturated carbocycles. The van der Waals surface area contributed by atoms with Gasteiger partial charge in [0.15, 0.2) is 5.34 Å². The zero-order valence-electron chi connectivity index (χ0n) is 25.2. The van der Waals surface area contributed by atoms with E-state index in [1.807, 2.05) is 142 Å². The first-order valence-electron chi connectivity index (χ1n) is 13.7. The third-order valence-electron chi connectivity index (χ3n) is 4.59. The molecule has 0 N–H and O–H groups in total. The molecule has 37 heavy (non-hydrogen) atoms. The Morgan fingerprint density at radius 3 is 1.00 bits per heavy atom. The maximum Gasteiger partial charge on any atom is 0.462 e. The molecule has 0 saturated heterocycles. The first-order chi connectivity index (χ1) is 18.1. The summed E-state index contributed by atoms with van der Waals surface area (Å²) in [6.45, 7) is 19.8. The Kier molecular flexibility index (Phi) is 27.9. The zero-order chi connectivity index (χ0) is 29.0. The van der Waals surface area contributed by atoms with Crippen molar-refractivity contribution in [2.45, 2.75) is 87.4 Å². The van der Waals surface area contributed by atoms with Crippen molar-refractivity contribution in [3.63, 3.8) is 0 Å². The van der Waals surface area contributed by atoms with Crippen LogP contribution in [-0.2, 0) is 9.30 Å². The number of rotatable bonds is 8. The van der Waals surface area contributed by atoms with Crippen molar-refractivity contribution >= 4 is 7.60 Å². The molecular formula is C32H53O4P. The van der Waals surface area contributed by atoms with Crippen LogP contribution >= 0.6 is 7.60 Å². The molecule has 0 heterocycles. The number of hydrogen-bond acceptors (Lipinski definition) is 4. The molecule has 0 atom stereocenters. The Labute approximate surface area is 228 Å². The molecule has 3 rings (SSSR count). The van der Waals surface area contributed by atoms with Gasteiger partial charge in [-0.1, -0.05) is 142 Å². The molecule has 0 fully saturated rings. The Hall–Kier alpha value is -2.55. The summed E-state index contributed by atoms with van der Waals surface area (Å²) in [6, 6.07) is 30.1. The fourth-order valence-corrected chi connectivity index (χ4v) is 5.01. The Bertz CT molecular complexity index is 771. The van der Waals surface area contributed by atoms with Gasteiger partial charge in [0.25, 0.3) is 0 Å². The molecular weight excluding hydrogens is 479 g/mol. The monoisotopic (exact) mass is 532 g/mol. The average Bonchev–Trinajstić information content (AvgIpc) is 3.00. The lowest BCUT2D eigenvalue weighted by Gasteiger charge is -2.36. The number of methoxy groups -OCH3 is 1. The van der Waals surface area contributed by atoms with Crippen molar-refractivity contribution in [3.05, 3.63) is 97.1 Å². The molecule has 3 aromatic carbocycles. The molecule has 0 amide bonds. The highest BCUT2D eigenvalue weighted by Crippen LogP contribution is 2.62. The van der Waals surface area contributed by atoms with E-state index < -0.39 is 12.9 Å². The van der Waals surface area contributed by atoms with Gasteiger partial charge in [-0.25, -0.2) is 4.57 Å². The van der Waals surface area contributed by atoms with Gasteiger partial charge in [0.2, 0.25) is 0 Å². The van der Waals surface area contributed by atoms with Crippen molar-refractivity contribution in [3.8, 4) is 11.5 Å². The first kappa shape index (κ1) is 39.0. The second-order valence-electron chi connectivity index (χ2n) is 6.32. The Morgan fingerprint density at radius 2 is 0.784 bits per heavy atom. The molecule has 0 aliphatic carbocycles. The molecule has 0 aliphatic rings. The number of ether oxygens (including phenoxy) is 1. The number of para-hydroxylation sites is 2. The molecule has 0 aromatic heterocycles.